The van der Waals surface area contributed by atoms with Crippen LogP contribution in [0.1, 0.15) is 80.2 Å². The van der Waals surface area contributed by atoms with Gasteiger partial charge in [-0.05, 0) is 57.1 Å². The van der Waals surface area contributed by atoms with Crippen LogP contribution in [0.5, 0.6) is 0 Å². The van der Waals surface area contributed by atoms with Gasteiger partial charge in [-0.1, -0.05) is 25.3 Å². The number of likely N-dealkylation sites (tertiary alicyclic amines) is 1. The van der Waals surface area contributed by atoms with Crippen molar-refractivity contribution in [3.8, 4) is 0 Å². The van der Waals surface area contributed by atoms with Gasteiger partial charge in [0.15, 0.2) is 5.82 Å². The maximum absolute atomic E-state index is 13.1. The van der Waals surface area contributed by atoms with Crippen molar-refractivity contribution in [1.82, 2.24) is 19.9 Å². The quantitative estimate of drug-likeness (QED) is 0.694. The molecule has 2 aliphatic heterocycles. The van der Waals surface area contributed by atoms with Gasteiger partial charge in [-0.3, -0.25) is 19.5 Å². The molecule has 0 N–H and O–H groups in total. The molecule has 7 nitrogen and oxygen atoms in total. The number of fused-ring (bicyclic) bond motifs is 1. The first-order valence-corrected chi connectivity index (χ1v) is 12.5. The van der Waals surface area contributed by atoms with E-state index in [-0.39, 0.29) is 24.3 Å². The number of hydrogen-bond donors (Lipinski definition) is 0. The predicted octanol–water partition coefficient (Wildman–Crippen LogP) is 3.95. The summed E-state index contributed by atoms with van der Waals surface area (Å²) in [7, 11) is 0. The van der Waals surface area contributed by atoms with Crippen molar-refractivity contribution < 1.29 is 9.59 Å². The van der Waals surface area contributed by atoms with Gasteiger partial charge in [0.2, 0.25) is 11.8 Å². The van der Waals surface area contributed by atoms with Gasteiger partial charge in [0.05, 0.1) is 12.5 Å². The molecule has 2 aromatic heterocycles. The van der Waals surface area contributed by atoms with E-state index in [0.717, 1.165) is 42.2 Å². The molecule has 0 bridgehead atoms. The van der Waals surface area contributed by atoms with Gasteiger partial charge in [-0.15, -0.1) is 0 Å². The van der Waals surface area contributed by atoms with Crippen LogP contribution in [0.3, 0.4) is 0 Å². The first-order valence-electron chi connectivity index (χ1n) is 12.5. The normalized spacial score (nSPS) is 21.4. The smallest absolute Gasteiger partial charge is 0.229 e. The van der Waals surface area contributed by atoms with Crippen molar-refractivity contribution >= 4 is 17.6 Å². The van der Waals surface area contributed by atoms with Crippen molar-refractivity contribution in [1.29, 1.82) is 0 Å². The molecule has 2 aromatic rings. The van der Waals surface area contributed by atoms with E-state index in [4.69, 9.17) is 9.97 Å². The number of amides is 2. The second kappa shape index (κ2) is 9.57. The van der Waals surface area contributed by atoms with E-state index in [9.17, 15) is 9.59 Å². The molecule has 4 heterocycles. The lowest BCUT2D eigenvalue weighted by Crippen LogP contribution is -2.41. The molecular weight excluding hydrogens is 414 g/mol. The third-order valence-electron chi connectivity index (χ3n) is 7.45. The van der Waals surface area contributed by atoms with Crippen molar-refractivity contribution in [3.63, 3.8) is 0 Å². The standard InChI is InChI=1S/C26H33N5O2/c1-18-21-12-13-23(32)31(17-19-8-3-2-4-9-19)26(21)29-25(28-18)22-11-7-15-30(22)24(33)16-20-10-5-6-14-27-20/h5-6,10,14,19,22H,2-4,7-9,11-13,15-17H2,1H3. The Morgan fingerprint density at radius 2 is 1.91 bits per heavy atom. The number of aromatic nitrogens is 3. The van der Waals surface area contributed by atoms with Crippen LogP contribution in [0.15, 0.2) is 24.4 Å². The third kappa shape index (κ3) is 4.63. The molecule has 1 saturated carbocycles. The number of anilines is 1. The van der Waals surface area contributed by atoms with E-state index in [1.165, 1.54) is 32.1 Å². The number of carbonyl (C=O) groups excluding carboxylic acids is 2. The minimum atomic E-state index is -0.140. The average molecular weight is 448 g/mol. The minimum Gasteiger partial charge on any atom is -0.332 e. The maximum atomic E-state index is 13.1. The van der Waals surface area contributed by atoms with Crippen LogP contribution in [0.4, 0.5) is 5.82 Å². The van der Waals surface area contributed by atoms with Gasteiger partial charge in [-0.25, -0.2) is 9.97 Å². The van der Waals surface area contributed by atoms with Crippen LogP contribution < -0.4 is 4.90 Å². The average Bonchev–Trinajstić information content (AvgIpc) is 3.32. The van der Waals surface area contributed by atoms with Gasteiger partial charge >= 0.3 is 0 Å². The SMILES string of the molecule is Cc1nc(C2CCCN2C(=O)Cc2ccccn2)nc2c1CCC(=O)N2CC1CCCCC1. The number of carbonyl (C=O) groups is 2. The van der Waals surface area contributed by atoms with Crippen molar-refractivity contribution in [2.45, 2.75) is 77.2 Å². The molecule has 0 radical (unpaired) electrons. The van der Waals surface area contributed by atoms with Gasteiger partial charge in [0, 0.05) is 42.7 Å². The highest BCUT2D eigenvalue weighted by Crippen LogP contribution is 2.36. The van der Waals surface area contributed by atoms with Crippen molar-refractivity contribution in [2.24, 2.45) is 5.92 Å². The summed E-state index contributed by atoms with van der Waals surface area (Å²) in [6.07, 6.45) is 11.2. The predicted molar refractivity (Wildman–Crippen MR) is 126 cm³/mol. The molecule has 3 aliphatic rings. The molecular formula is C26H33N5O2. The van der Waals surface area contributed by atoms with E-state index < -0.39 is 0 Å². The van der Waals surface area contributed by atoms with E-state index >= 15 is 0 Å². The summed E-state index contributed by atoms with van der Waals surface area (Å²) in [4.78, 5) is 44.0. The largest absolute Gasteiger partial charge is 0.332 e. The number of pyridine rings is 1. The Morgan fingerprint density at radius 3 is 2.70 bits per heavy atom. The summed E-state index contributed by atoms with van der Waals surface area (Å²) in [5.41, 5.74) is 2.82. The second-order valence-electron chi connectivity index (χ2n) is 9.72. The molecule has 0 aromatic carbocycles. The van der Waals surface area contributed by atoms with Crippen LogP contribution in [-0.4, -0.2) is 44.8 Å². The lowest BCUT2D eigenvalue weighted by molar-refractivity contribution is -0.131. The monoisotopic (exact) mass is 447 g/mol. The highest BCUT2D eigenvalue weighted by atomic mass is 16.2. The summed E-state index contributed by atoms with van der Waals surface area (Å²) in [5, 5.41) is 0. The van der Waals surface area contributed by atoms with Crippen LogP contribution in [0, 0.1) is 12.8 Å². The molecule has 5 rings (SSSR count). The van der Waals surface area contributed by atoms with Crippen molar-refractivity contribution in [2.75, 3.05) is 18.0 Å². The fraction of sp³-hybridized carbons (Fsp3) is 0.577. The number of nitrogens with zero attached hydrogens (tertiary/aromatic N) is 5. The van der Waals surface area contributed by atoms with E-state index in [1.807, 2.05) is 34.9 Å². The van der Waals surface area contributed by atoms with E-state index in [0.29, 0.717) is 31.1 Å². The number of hydrogen-bond acceptors (Lipinski definition) is 5. The Bertz CT molecular complexity index is 1020. The minimum absolute atomic E-state index is 0.0605. The summed E-state index contributed by atoms with van der Waals surface area (Å²) >= 11 is 0. The molecule has 174 valence electrons. The van der Waals surface area contributed by atoms with Gasteiger partial charge in [-0.2, -0.15) is 0 Å². The zero-order valence-electron chi connectivity index (χ0n) is 19.5. The maximum Gasteiger partial charge on any atom is 0.229 e. The molecule has 7 heteroatoms. The zero-order valence-corrected chi connectivity index (χ0v) is 19.5. The lowest BCUT2D eigenvalue weighted by atomic mass is 9.88. The first kappa shape index (κ1) is 22.0. The Kier molecular flexibility index (Phi) is 6.38. The Hall–Kier alpha value is -2.83. The van der Waals surface area contributed by atoms with Gasteiger partial charge in [0.25, 0.3) is 0 Å². The molecule has 2 fully saturated rings. The van der Waals surface area contributed by atoms with Gasteiger partial charge in [0.1, 0.15) is 5.82 Å². The number of rotatable bonds is 5. The van der Waals surface area contributed by atoms with E-state index in [1.54, 1.807) is 6.20 Å². The Balaban J connectivity index is 1.41. The summed E-state index contributed by atoms with van der Waals surface area (Å²) < 4.78 is 0. The highest BCUT2D eigenvalue weighted by Gasteiger charge is 2.35. The highest BCUT2D eigenvalue weighted by molar-refractivity contribution is 5.95. The summed E-state index contributed by atoms with van der Waals surface area (Å²) in [6, 6.07) is 5.51. The van der Waals surface area contributed by atoms with Crippen LogP contribution >= 0.6 is 0 Å². The fourth-order valence-corrected chi connectivity index (χ4v) is 5.66. The first-order chi connectivity index (χ1) is 16.1. The molecule has 1 saturated heterocycles. The molecule has 33 heavy (non-hydrogen) atoms. The molecule has 1 unspecified atom stereocenters. The lowest BCUT2D eigenvalue weighted by Gasteiger charge is -2.34. The summed E-state index contributed by atoms with van der Waals surface area (Å²) in [6.45, 7) is 3.49. The van der Waals surface area contributed by atoms with Crippen LogP contribution in [0.25, 0.3) is 0 Å². The second-order valence-corrected chi connectivity index (χ2v) is 9.72. The zero-order chi connectivity index (χ0) is 22.8. The van der Waals surface area contributed by atoms with E-state index in [2.05, 4.69) is 4.98 Å². The Morgan fingerprint density at radius 1 is 1.06 bits per heavy atom. The topological polar surface area (TPSA) is 79.3 Å². The van der Waals surface area contributed by atoms with Crippen LogP contribution in [0.2, 0.25) is 0 Å². The molecule has 1 atom stereocenters. The summed E-state index contributed by atoms with van der Waals surface area (Å²) in [5.74, 6) is 2.26. The third-order valence-corrected chi connectivity index (χ3v) is 7.45. The number of aryl methyl sites for hydroxylation is 1. The van der Waals surface area contributed by atoms with Crippen molar-refractivity contribution in [3.05, 3.63) is 47.2 Å². The van der Waals surface area contributed by atoms with Gasteiger partial charge < -0.3 is 4.90 Å². The molecule has 2 amide bonds. The molecule has 0 spiro atoms. The van der Waals surface area contributed by atoms with Crippen LogP contribution in [-0.2, 0) is 22.4 Å². The molecule has 1 aliphatic carbocycles. The Labute approximate surface area is 195 Å². The fourth-order valence-electron chi connectivity index (χ4n) is 5.66.